The van der Waals surface area contributed by atoms with E-state index in [1.165, 1.54) is 0 Å². The Bertz CT molecular complexity index is 316. The van der Waals surface area contributed by atoms with Crippen molar-refractivity contribution in [3.63, 3.8) is 0 Å². The molecule has 5 heteroatoms. The summed E-state index contributed by atoms with van der Waals surface area (Å²) in [5.74, 6) is 0.645. The van der Waals surface area contributed by atoms with Gasteiger partial charge in [0.2, 0.25) is 5.95 Å². The number of aryl methyl sites for hydroxylation is 1. The molecule has 1 aliphatic heterocycles. The molecule has 4 nitrogen and oxygen atoms in total. The average Bonchev–Trinajstić information content (AvgIpc) is 2.17. The van der Waals surface area contributed by atoms with Gasteiger partial charge in [0.25, 0.3) is 0 Å². The smallest absolute Gasteiger partial charge is 0.224 e. The molecule has 0 radical (unpaired) electrons. The highest BCUT2D eigenvalue weighted by Gasteiger charge is 2.13. The Labute approximate surface area is 94.5 Å². The first kappa shape index (κ1) is 10.6. The minimum absolute atomic E-state index is 0.462. The molecule has 0 atom stereocenters. The molecule has 0 aliphatic carbocycles. The molecule has 2 N–H and O–H groups in total. The summed E-state index contributed by atoms with van der Waals surface area (Å²) >= 11 is 5.86. The van der Waals surface area contributed by atoms with E-state index in [0.29, 0.717) is 17.1 Å². The lowest BCUT2D eigenvalue weighted by Crippen LogP contribution is -2.35. The molecule has 0 saturated carbocycles. The van der Waals surface area contributed by atoms with Gasteiger partial charge in [-0.2, -0.15) is 0 Å². The van der Waals surface area contributed by atoms with Gasteiger partial charge in [0, 0.05) is 11.7 Å². The van der Waals surface area contributed by atoms with Crippen LogP contribution in [0.3, 0.4) is 0 Å². The molecule has 2 rings (SSSR count). The second-order valence-electron chi connectivity index (χ2n) is 3.82. The quantitative estimate of drug-likeness (QED) is 0.753. The van der Waals surface area contributed by atoms with Crippen molar-refractivity contribution in [2.75, 3.05) is 18.4 Å². The summed E-state index contributed by atoms with van der Waals surface area (Å²) < 4.78 is 0. The zero-order valence-electron chi connectivity index (χ0n) is 8.76. The number of anilines is 1. The lowest BCUT2D eigenvalue weighted by molar-refractivity contribution is 0.477. The van der Waals surface area contributed by atoms with E-state index in [2.05, 4.69) is 20.6 Å². The van der Waals surface area contributed by atoms with Crippen molar-refractivity contribution in [3.05, 3.63) is 16.9 Å². The Morgan fingerprint density at radius 3 is 2.80 bits per heavy atom. The first-order chi connectivity index (χ1) is 7.24. The highest BCUT2D eigenvalue weighted by Crippen LogP contribution is 2.13. The number of nitrogens with one attached hydrogen (secondary N) is 2. The number of rotatable bonds is 2. The monoisotopic (exact) mass is 226 g/mol. The van der Waals surface area contributed by atoms with Gasteiger partial charge < -0.3 is 10.6 Å². The molecule has 1 saturated heterocycles. The molecule has 0 bridgehead atoms. The van der Waals surface area contributed by atoms with Gasteiger partial charge in [-0.3, -0.25) is 0 Å². The van der Waals surface area contributed by atoms with Crippen LogP contribution in [0, 0.1) is 6.92 Å². The molecule has 15 heavy (non-hydrogen) atoms. The Morgan fingerprint density at radius 1 is 1.40 bits per heavy atom. The third-order valence-electron chi connectivity index (χ3n) is 2.50. The highest BCUT2D eigenvalue weighted by molar-refractivity contribution is 6.29. The Kier molecular flexibility index (Phi) is 3.38. The van der Waals surface area contributed by atoms with Crippen molar-refractivity contribution in [1.82, 2.24) is 15.3 Å². The Balaban J connectivity index is 2.02. The third kappa shape index (κ3) is 3.04. The fourth-order valence-electron chi connectivity index (χ4n) is 1.74. The summed E-state index contributed by atoms with van der Waals surface area (Å²) in [7, 11) is 0. The maximum atomic E-state index is 5.86. The predicted molar refractivity (Wildman–Crippen MR) is 61.3 cm³/mol. The number of aromatic nitrogens is 2. The maximum absolute atomic E-state index is 5.86. The lowest BCUT2D eigenvalue weighted by Gasteiger charge is -2.23. The molecular formula is C10H15ClN4. The molecule has 1 aromatic heterocycles. The second-order valence-corrected chi connectivity index (χ2v) is 4.21. The predicted octanol–water partition coefficient (Wildman–Crippen LogP) is 1.60. The zero-order valence-corrected chi connectivity index (χ0v) is 9.51. The van der Waals surface area contributed by atoms with Gasteiger partial charge in [-0.05, 0) is 38.9 Å². The molecule has 0 spiro atoms. The Morgan fingerprint density at radius 2 is 2.13 bits per heavy atom. The number of hydrogen-bond acceptors (Lipinski definition) is 4. The summed E-state index contributed by atoms with van der Waals surface area (Å²) in [5.41, 5.74) is 0.895. The molecule has 0 amide bonds. The van der Waals surface area contributed by atoms with E-state index in [1.807, 2.05) is 6.92 Å². The van der Waals surface area contributed by atoms with Gasteiger partial charge in [0.1, 0.15) is 5.15 Å². The van der Waals surface area contributed by atoms with E-state index in [0.717, 1.165) is 31.6 Å². The highest BCUT2D eigenvalue weighted by atomic mass is 35.5. The van der Waals surface area contributed by atoms with Gasteiger partial charge in [0.15, 0.2) is 0 Å². The second kappa shape index (κ2) is 4.77. The fraction of sp³-hybridized carbons (Fsp3) is 0.600. The largest absolute Gasteiger partial charge is 0.351 e. The summed E-state index contributed by atoms with van der Waals surface area (Å²) in [6, 6.07) is 2.22. The van der Waals surface area contributed by atoms with E-state index >= 15 is 0 Å². The number of piperidine rings is 1. The van der Waals surface area contributed by atoms with E-state index in [1.54, 1.807) is 6.07 Å². The standard InChI is InChI=1S/C10H15ClN4/c1-7-6-9(11)15-10(13-7)14-8-2-4-12-5-3-8/h6,8,12H,2-5H2,1H3,(H,13,14,15). The molecule has 82 valence electrons. The van der Waals surface area contributed by atoms with Crippen molar-refractivity contribution in [1.29, 1.82) is 0 Å². The van der Waals surface area contributed by atoms with Gasteiger partial charge in [-0.15, -0.1) is 0 Å². The van der Waals surface area contributed by atoms with Crippen molar-refractivity contribution >= 4 is 17.5 Å². The number of halogens is 1. The van der Waals surface area contributed by atoms with Gasteiger partial charge in [-0.25, -0.2) is 9.97 Å². The zero-order chi connectivity index (χ0) is 10.7. The van der Waals surface area contributed by atoms with Crippen molar-refractivity contribution in [3.8, 4) is 0 Å². The number of nitrogens with zero attached hydrogens (tertiary/aromatic N) is 2. The van der Waals surface area contributed by atoms with E-state index in [-0.39, 0.29) is 0 Å². The molecular weight excluding hydrogens is 212 g/mol. The summed E-state index contributed by atoms with van der Waals surface area (Å²) in [6.45, 7) is 4.02. The summed E-state index contributed by atoms with van der Waals surface area (Å²) in [6.07, 6.45) is 2.21. The lowest BCUT2D eigenvalue weighted by atomic mass is 10.1. The minimum atomic E-state index is 0.462. The summed E-state index contributed by atoms with van der Waals surface area (Å²) in [5, 5.41) is 7.13. The van der Waals surface area contributed by atoms with Crippen LogP contribution in [-0.2, 0) is 0 Å². The molecule has 1 aromatic rings. The van der Waals surface area contributed by atoms with Gasteiger partial charge in [0.05, 0.1) is 0 Å². The van der Waals surface area contributed by atoms with E-state index in [9.17, 15) is 0 Å². The first-order valence-electron chi connectivity index (χ1n) is 5.22. The van der Waals surface area contributed by atoms with Crippen LogP contribution in [0.1, 0.15) is 18.5 Å². The molecule has 0 aromatic carbocycles. The van der Waals surface area contributed by atoms with Crippen molar-refractivity contribution in [2.45, 2.75) is 25.8 Å². The van der Waals surface area contributed by atoms with Gasteiger partial charge >= 0.3 is 0 Å². The van der Waals surface area contributed by atoms with Crippen LogP contribution in [0.5, 0.6) is 0 Å². The SMILES string of the molecule is Cc1cc(Cl)nc(NC2CCNCC2)n1. The normalized spacial score (nSPS) is 17.7. The van der Waals surface area contributed by atoms with Crippen LogP contribution < -0.4 is 10.6 Å². The molecule has 1 aliphatic rings. The molecule has 2 heterocycles. The fourth-order valence-corrected chi connectivity index (χ4v) is 1.98. The van der Waals surface area contributed by atoms with E-state index in [4.69, 9.17) is 11.6 Å². The first-order valence-corrected chi connectivity index (χ1v) is 5.60. The van der Waals surface area contributed by atoms with Crippen molar-refractivity contribution < 1.29 is 0 Å². The average molecular weight is 227 g/mol. The van der Waals surface area contributed by atoms with Crippen LogP contribution in [0.15, 0.2) is 6.07 Å². The van der Waals surface area contributed by atoms with Crippen LogP contribution in [0.2, 0.25) is 5.15 Å². The molecule has 0 unspecified atom stereocenters. The van der Waals surface area contributed by atoms with Crippen LogP contribution >= 0.6 is 11.6 Å². The summed E-state index contributed by atoms with van der Waals surface area (Å²) in [4.78, 5) is 8.45. The maximum Gasteiger partial charge on any atom is 0.224 e. The minimum Gasteiger partial charge on any atom is -0.351 e. The third-order valence-corrected chi connectivity index (χ3v) is 2.69. The topological polar surface area (TPSA) is 49.8 Å². The van der Waals surface area contributed by atoms with Crippen molar-refractivity contribution in [2.24, 2.45) is 0 Å². The number of hydrogen-bond donors (Lipinski definition) is 2. The van der Waals surface area contributed by atoms with Gasteiger partial charge in [-0.1, -0.05) is 11.6 Å². The van der Waals surface area contributed by atoms with Crippen LogP contribution in [-0.4, -0.2) is 29.1 Å². The van der Waals surface area contributed by atoms with E-state index < -0.39 is 0 Å². The molecule has 1 fully saturated rings. The van der Waals surface area contributed by atoms with Crippen LogP contribution in [0.25, 0.3) is 0 Å². The van der Waals surface area contributed by atoms with Crippen LogP contribution in [0.4, 0.5) is 5.95 Å². The Hall–Kier alpha value is -0.870.